The number of imidazole rings is 1. The number of nitrogens with zero attached hydrogens (tertiary/aromatic N) is 9. The first-order valence-corrected chi connectivity index (χ1v) is 23.4. The molecule has 1 saturated heterocycles. The number of aromatic nitrogens is 6. The van der Waals surface area contributed by atoms with E-state index < -0.39 is 26.0 Å². The van der Waals surface area contributed by atoms with Gasteiger partial charge in [0.25, 0.3) is 5.92 Å². The summed E-state index contributed by atoms with van der Waals surface area (Å²) in [6, 6.07) is 26.3. The first-order valence-electron chi connectivity index (χ1n) is 19.7. The number of hydrogen-bond acceptors (Lipinski definition) is 10. The number of rotatable bonds is 15. The number of ether oxygens (including phenoxy) is 3. The molecule has 1 atom stereocenters. The quantitative estimate of drug-likeness (QED) is 0.0760. The highest BCUT2D eigenvalue weighted by Crippen LogP contribution is 2.56. The van der Waals surface area contributed by atoms with E-state index in [0.717, 1.165) is 39.8 Å². The van der Waals surface area contributed by atoms with Crippen molar-refractivity contribution in [2.24, 2.45) is 0 Å². The van der Waals surface area contributed by atoms with Crippen LogP contribution < -0.4 is 14.5 Å². The number of carbonyl (C=O) groups excluding carboxylic acids is 1. The lowest BCUT2D eigenvalue weighted by Gasteiger charge is -2.34. The van der Waals surface area contributed by atoms with Crippen molar-refractivity contribution in [3.63, 3.8) is 0 Å². The predicted molar refractivity (Wildman–Crippen MR) is 220 cm³/mol. The molecule has 2 aliphatic rings. The minimum Gasteiger partial charge on any atom is -0.497 e. The molecule has 1 amide bonds. The molecule has 4 heterocycles. The van der Waals surface area contributed by atoms with Crippen LogP contribution in [0.15, 0.2) is 85.1 Å². The lowest BCUT2D eigenvalue weighted by molar-refractivity contribution is 0.0878. The second-order valence-corrected chi connectivity index (χ2v) is 21.8. The van der Waals surface area contributed by atoms with E-state index in [1.54, 1.807) is 16.5 Å². The van der Waals surface area contributed by atoms with E-state index in [0.29, 0.717) is 75.7 Å². The zero-order chi connectivity index (χ0) is 40.4. The molecule has 0 spiro atoms. The van der Waals surface area contributed by atoms with Gasteiger partial charge >= 0.3 is 6.09 Å². The molecule has 0 N–H and O–H groups in total. The number of halogens is 2. The first kappa shape index (κ1) is 39.2. The van der Waals surface area contributed by atoms with E-state index >= 15 is 0 Å². The SMILES string of the molecule is COc1ccc(CN(Cc2nc3ccccc3n2COCC[Si](C)(C)C)c2nc(N3CCN(C(=O)OCc4ccccc4)CC3)nc3c(C4CC4(F)F)cnn23)cc1. The van der Waals surface area contributed by atoms with Gasteiger partial charge in [-0.05, 0) is 41.4 Å². The number of para-hydroxylation sites is 2. The van der Waals surface area contributed by atoms with Crippen LogP contribution >= 0.6 is 0 Å². The molecule has 1 aliphatic carbocycles. The molecule has 0 bridgehead atoms. The van der Waals surface area contributed by atoms with Gasteiger partial charge in [-0.25, -0.2) is 18.6 Å². The number of benzene rings is 3. The highest BCUT2D eigenvalue weighted by atomic mass is 28.3. The van der Waals surface area contributed by atoms with Gasteiger partial charge in [0.05, 0.1) is 36.8 Å². The zero-order valence-corrected chi connectivity index (χ0v) is 34.4. The summed E-state index contributed by atoms with van der Waals surface area (Å²) in [6.45, 7) is 10.4. The highest BCUT2D eigenvalue weighted by molar-refractivity contribution is 6.76. The third kappa shape index (κ3) is 8.77. The highest BCUT2D eigenvalue weighted by Gasteiger charge is 2.59. The molecule has 16 heteroatoms. The maximum absolute atomic E-state index is 14.7. The van der Waals surface area contributed by atoms with E-state index in [1.165, 1.54) is 6.20 Å². The van der Waals surface area contributed by atoms with E-state index in [4.69, 9.17) is 29.2 Å². The van der Waals surface area contributed by atoms with E-state index in [2.05, 4.69) is 34.2 Å². The van der Waals surface area contributed by atoms with Crippen molar-refractivity contribution in [2.75, 3.05) is 49.7 Å². The summed E-state index contributed by atoms with van der Waals surface area (Å²) in [5.74, 6) is -1.54. The smallest absolute Gasteiger partial charge is 0.410 e. The molecule has 58 heavy (non-hydrogen) atoms. The van der Waals surface area contributed by atoms with Crippen LogP contribution in [0.4, 0.5) is 25.5 Å². The first-order chi connectivity index (χ1) is 28.0. The molecule has 2 fully saturated rings. The Morgan fingerprint density at radius 3 is 2.33 bits per heavy atom. The van der Waals surface area contributed by atoms with Crippen molar-refractivity contribution in [1.82, 2.24) is 34.0 Å². The molecular formula is C42H49F2N9O4Si. The molecule has 1 unspecified atom stereocenters. The number of anilines is 2. The van der Waals surface area contributed by atoms with Crippen molar-refractivity contribution in [2.45, 2.75) is 70.4 Å². The van der Waals surface area contributed by atoms with E-state index in [-0.39, 0.29) is 13.0 Å². The van der Waals surface area contributed by atoms with Crippen LogP contribution in [0.5, 0.6) is 5.75 Å². The van der Waals surface area contributed by atoms with Gasteiger partial charge in [-0.3, -0.25) is 0 Å². The van der Waals surface area contributed by atoms with Crippen LogP contribution in [0.3, 0.4) is 0 Å². The summed E-state index contributed by atoms with van der Waals surface area (Å²) in [7, 11) is 0.310. The van der Waals surface area contributed by atoms with Crippen molar-refractivity contribution >= 4 is 42.7 Å². The maximum Gasteiger partial charge on any atom is 0.410 e. The van der Waals surface area contributed by atoms with Crippen molar-refractivity contribution in [3.05, 3.63) is 108 Å². The largest absolute Gasteiger partial charge is 0.497 e. The number of amides is 1. The van der Waals surface area contributed by atoms with Crippen molar-refractivity contribution < 1.29 is 27.8 Å². The monoisotopic (exact) mass is 809 g/mol. The average Bonchev–Trinajstić information content (AvgIpc) is 3.49. The minimum absolute atomic E-state index is 0.182. The fourth-order valence-corrected chi connectivity index (χ4v) is 7.91. The van der Waals surface area contributed by atoms with Crippen LogP contribution in [0.1, 0.15) is 34.9 Å². The van der Waals surface area contributed by atoms with Gasteiger partial charge in [0, 0.05) is 59.4 Å². The fourth-order valence-electron chi connectivity index (χ4n) is 7.16. The Hall–Kier alpha value is -5.61. The summed E-state index contributed by atoms with van der Waals surface area (Å²) in [5.41, 5.74) is 4.36. The normalized spacial score (nSPS) is 16.6. The Bertz CT molecular complexity index is 2360. The summed E-state index contributed by atoms with van der Waals surface area (Å²) in [4.78, 5) is 33.9. The molecule has 13 nitrogen and oxygen atoms in total. The Morgan fingerprint density at radius 2 is 1.62 bits per heavy atom. The Balaban J connectivity index is 1.14. The molecule has 6 aromatic rings. The van der Waals surface area contributed by atoms with Crippen LogP contribution in [-0.2, 0) is 35.9 Å². The van der Waals surface area contributed by atoms with E-state index in [9.17, 15) is 13.6 Å². The number of piperazine rings is 1. The molecule has 0 radical (unpaired) electrons. The minimum atomic E-state index is -2.83. The fraction of sp³-hybridized carbons (Fsp3) is 0.405. The summed E-state index contributed by atoms with van der Waals surface area (Å²) >= 11 is 0. The summed E-state index contributed by atoms with van der Waals surface area (Å²) in [5, 5.41) is 4.65. The van der Waals surface area contributed by atoms with Gasteiger partial charge in [0.1, 0.15) is 24.9 Å². The maximum atomic E-state index is 14.7. The molecule has 3 aromatic heterocycles. The summed E-state index contributed by atoms with van der Waals surface area (Å²) in [6.07, 6.45) is 0.841. The van der Waals surface area contributed by atoms with E-state index in [1.807, 2.05) is 83.8 Å². The van der Waals surface area contributed by atoms with Gasteiger partial charge in [-0.1, -0.05) is 74.2 Å². The number of hydrogen-bond donors (Lipinski definition) is 0. The third-order valence-electron chi connectivity index (χ3n) is 10.7. The number of fused-ring (bicyclic) bond motifs is 2. The van der Waals surface area contributed by atoms with Gasteiger partial charge in [0.15, 0.2) is 5.65 Å². The Kier molecular flexibility index (Phi) is 11.0. The average molecular weight is 810 g/mol. The Labute approximate surface area is 337 Å². The third-order valence-corrected chi connectivity index (χ3v) is 12.4. The van der Waals surface area contributed by atoms with Crippen LogP contribution in [0.25, 0.3) is 16.7 Å². The van der Waals surface area contributed by atoms with Crippen LogP contribution in [-0.4, -0.2) is 94.0 Å². The molecule has 1 aliphatic heterocycles. The lowest BCUT2D eigenvalue weighted by Crippen LogP contribution is -2.49. The summed E-state index contributed by atoms with van der Waals surface area (Å²) < 4.78 is 50.4. The Morgan fingerprint density at radius 1 is 0.897 bits per heavy atom. The lowest BCUT2D eigenvalue weighted by atomic mass is 10.2. The van der Waals surface area contributed by atoms with Crippen LogP contribution in [0.2, 0.25) is 25.7 Å². The molecular weight excluding hydrogens is 761 g/mol. The van der Waals surface area contributed by atoms with Crippen LogP contribution in [0, 0.1) is 0 Å². The van der Waals surface area contributed by atoms with Gasteiger partial charge in [-0.15, -0.1) is 0 Å². The number of alkyl halides is 2. The number of carbonyl (C=O) groups is 1. The topological polar surface area (TPSA) is 115 Å². The number of methoxy groups -OCH3 is 1. The van der Waals surface area contributed by atoms with Crippen molar-refractivity contribution in [1.29, 1.82) is 0 Å². The molecule has 304 valence electrons. The predicted octanol–water partition coefficient (Wildman–Crippen LogP) is 7.58. The van der Waals surface area contributed by atoms with Gasteiger partial charge in [-0.2, -0.15) is 19.6 Å². The second-order valence-electron chi connectivity index (χ2n) is 16.2. The zero-order valence-electron chi connectivity index (χ0n) is 33.4. The van der Waals surface area contributed by atoms with Crippen molar-refractivity contribution in [3.8, 4) is 5.75 Å². The molecule has 1 saturated carbocycles. The second kappa shape index (κ2) is 16.3. The van der Waals surface area contributed by atoms with Gasteiger partial charge in [0.2, 0.25) is 11.9 Å². The molecule has 8 rings (SSSR count). The molecule has 3 aromatic carbocycles. The standard InChI is InChI=1S/C42H49F2N9O4Si/c1-55-32-16-14-30(15-17-32)26-51(27-37-46-35-12-8-9-13-36(35)52(37)29-56-22-23-58(2,3)4)40-48-39(47-38-33(25-45-53(38)40)34-24-42(34,43)44)49-18-20-50(21-19-49)41(54)57-28-31-10-6-5-7-11-31/h5-17,25,34H,18-24,26-29H2,1-4H3. The van der Waals surface area contributed by atoms with Gasteiger partial charge < -0.3 is 33.5 Å².